The van der Waals surface area contributed by atoms with Gasteiger partial charge in [-0.3, -0.25) is 4.79 Å². The number of aliphatic carboxylic acids is 1. The first-order chi connectivity index (χ1) is 11.1. The highest BCUT2D eigenvalue weighted by molar-refractivity contribution is 5.75. The molecule has 3 N–H and O–H groups in total. The summed E-state index contributed by atoms with van der Waals surface area (Å²) < 4.78 is 0. The van der Waals surface area contributed by atoms with E-state index in [1.54, 1.807) is 0 Å². The van der Waals surface area contributed by atoms with Crippen molar-refractivity contribution in [2.75, 3.05) is 0 Å². The molecule has 0 amide bonds. The smallest absolute Gasteiger partial charge is 0.309 e. The Morgan fingerprint density at radius 1 is 1.00 bits per heavy atom. The first kappa shape index (κ1) is 16.8. The summed E-state index contributed by atoms with van der Waals surface area (Å²) in [5.74, 6) is -0.593. The standard InChI is InChI=1S/C20H32O4/c1-17-7-8-20(11-17)12(10-14(17)22)9-13(21)15-18(2,16(23)24)5-4-6-19(15,20)3/h12-15,21-22H,4-11H2,1-3H3,(H,23,24)/t12?,13-,14-,15+,17-,18-,19+,20+/m1/s1. The lowest BCUT2D eigenvalue weighted by atomic mass is 9.37. The Bertz CT molecular complexity index is 576. The lowest BCUT2D eigenvalue weighted by Gasteiger charge is -2.67. The van der Waals surface area contributed by atoms with Gasteiger partial charge in [0.1, 0.15) is 0 Å². The van der Waals surface area contributed by atoms with E-state index in [2.05, 4.69) is 13.8 Å². The summed E-state index contributed by atoms with van der Waals surface area (Å²) in [4.78, 5) is 12.1. The largest absolute Gasteiger partial charge is 0.481 e. The monoisotopic (exact) mass is 336 g/mol. The minimum absolute atomic E-state index is 0.0244. The van der Waals surface area contributed by atoms with E-state index < -0.39 is 17.5 Å². The van der Waals surface area contributed by atoms with Crippen molar-refractivity contribution < 1.29 is 20.1 Å². The lowest BCUT2D eigenvalue weighted by molar-refractivity contribution is -0.233. The molecular weight excluding hydrogens is 304 g/mol. The van der Waals surface area contributed by atoms with Gasteiger partial charge in [0.25, 0.3) is 0 Å². The molecule has 0 heterocycles. The number of rotatable bonds is 1. The molecule has 4 aliphatic rings. The fourth-order valence-electron chi connectivity index (χ4n) is 8.01. The predicted molar refractivity (Wildman–Crippen MR) is 90.3 cm³/mol. The summed E-state index contributed by atoms with van der Waals surface area (Å²) in [7, 11) is 0. The number of carbonyl (C=O) groups is 1. The molecule has 0 saturated heterocycles. The molecule has 0 aromatic heterocycles. The molecule has 4 fully saturated rings. The summed E-state index contributed by atoms with van der Waals surface area (Å²) >= 11 is 0. The van der Waals surface area contributed by atoms with Gasteiger partial charge in [0.2, 0.25) is 0 Å². The Morgan fingerprint density at radius 2 is 1.71 bits per heavy atom. The Hall–Kier alpha value is -0.610. The Kier molecular flexibility index (Phi) is 3.34. The summed E-state index contributed by atoms with van der Waals surface area (Å²) in [5, 5.41) is 31.7. The van der Waals surface area contributed by atoms with Crippen LogP contribution in [0.25, 0.3) is 0 Å². The number of fused-ring (bicyclic) bond motifs is 2. The third-order valence-corrected chi connectivity index (χ3v) is 9.26. The average molecular weight is 336 g/mol. The van der Waals surface area contributed by atoms with Crippen molar-refractivity contribution >= 4 is 5.97 Å². The zero-order valence-electron chi connectivity index (χ0n) is 15.2. The highest BCUT2D eigenvalue weighted by atomic mass is 16.4. The van der Waals surface area contributed by atoms with Gasteiger partial charge in [-0.2, -0.15) is 0 Å². The quantitative estimate of drug-likeness (QED) is 0.687. The van der Waals surface area contributed by atoms with Crippen LogP contribution in [0, 0.1) is 33.5 Å². The van der Waals surface area contributed by atoms with Crippen molar-refractivity contribution in [3.63, 3.8) is 0 Å². The zero-order valence-corrected chi connectivity index (χ0v) is 15.2. The van der Waals surface area contributed by atoms with Gasteiger partial charge in [0, 0.05) is 5.92 Å². The van der Waals surface area contributed by atoms with Crippen molar-refractivity contribution in [2.45, 2.75) is 84.3 Å². The maximum atomic E-state index is 12.1. The molecule has 0 aliphatic heterocycles. The Balaban J connectivity index is 1.84. The first-order valence-corrected chi connectivity index (χ1v) is 9.69. The van der Waals surface area contributed by atoms with Gasteiger partial charge in [-0.1, -0.05) is 20.3 Å². The zero-order chi connectivity index (χ0) is 17.5. The topological polar surface area (TPSA) is 77.8 Å². The fourth-order valence-corrected chi connectivity index (χ4v) is 8.01. The van der Waals surface area contributed by atoms with Crippen molar-refractivity contribution in [1.29, 1.82) is 0 Å². The highest BCUT2D eigenvalue weighted by Crippen LogP contribution is 2.76. The summed E-state index contributed by atoms with van der Waals surface area (Å²) in [6, 6.07) is 0. The number of hydrogen-bond acceptors (Lipinski definition) is 3. The summed E-state index contributed by atoms with van der Waals surface area (Å²) in [6.07, 6.45) is 6.32. The minimum Gasteiger partial charge on any atom is -0.481 e. The van der Waals surface area contributed by atoms with Gasteiger partial charge in [-0.25, -0.2) is 0 Å². The molecule has 0 aromatic rings. The van der Waals surface area contributed by atoms with E-state index in [0.29, 0.717) is 18.8 Å². The molecule has 2 bridgehead atoms. The van der Waals surface area contributed by atoms with Gasteiger partial charge < -0.3 is 15.3 Å². The van der Waals surface area contributed by atoms with Crippen molar-refractivity contribution in [3.8, 4) is 0 Å². The Morgan fingerprint density at radius 3 is 2.38 bits per heavy atom. The van der Waals surface area contributed by atoms with Gasteiger partial charge in [0.15, 0.2) is 0 Å². The number of aliphatic hydroxyl groups is 2. The molecule has 136 valence electrons. The SMILES string of the molecule is C[C@@]12CC[C@]3(C1)C(C[C@@H](O)[C@H]1[C@](C)(C(=O)O)CCC[C@@]13C)C[C@H]2O. The molecule has 8 atom stereocenters. The van der Waals surface area contributed by atoms with Crippen LogP contribution in [-0.2, 0) is 4.79 Å². The van der Waals surface area contributed by atoms with Crippen molar-refractivity contribution in [3.05, 3.63) is 0 Å². The van der Waals surface area contributed by atoms with Crippen LogP contribution in [0.3, 0.4) is 0 Å². The van der Waals surface area contributed by atoms with E-state index in [0.717, 1.165) is 38.5 Å². The van der Waals surface area contributed by atoms with Crippen LogP contribution < -0.4 is 0 Å². The molecule has 0 radical (unpaired) electrons. The average Bonchev–Trinajstić information content (AvgIpc) is 2.81. The van der Waals surface area contributed by atoms with E-state index in [9.17, 15) is 20.1 Å². The second kappa shape index (κ2) is 4.76. The maximum absolute atomic E-state index is 12.1. The third kappa shape index (κ3) is 1.74. The molecule has 4 nitrogen and oxygen atoms in total. The van der Waals surface area contributed by atoms with Crippen LogP contribution in [0.1, 0.15) is 72.1 Å². The van der Waals surface area contributed by atoms with Crippen LogP contribution in [0.4, 0.5) is 0 Å². The van der Waals surface area contributed by atoms with Crippen molar-refractivity contribution in [2.24, 2.45) is 33.5 Å². The molecule has 1 unspecified atom stereocenters. The Labute approximate surface area is 144 Å². The van der Waals surface area contributed by atoms with E-state index >= 15 is 0 Å². The van der Waals surface area contributed by atoms with Crippen LogP contribution >= 0.6 is 0 Å². The fraction of sp³-hybridized carbons (Fsp3) is 0.950. The molecule has 4 rings (SSSR count). The predicted octanol–water partition coefficient (Wildman–Crippen LogP) is 3.21. The first-order valence-electron chi connectivity index (χ1n) is 9.69. The minimum atomic E-state index is -0.832. The molecule has 24 heavy (non-hydrogen) atoms. The van der Waals surface area contributed by atoms with Crippen LogP contribution in [0.2, 0.25) is 0 Å². The normalized spacial score (nSPS) is 59.5. The van der Waals surface area contributed by atoms with Crippen LogP contribution in [-0.4, -0.2) is 33.5 Å². The molecule has 1 spiro atoms. The third-order valence-electron chi connectivity index (χ3n) is 9.26. The number of aliphatic hydroxyl groups excluding tert-OH is 2. The highest BCUT2D eigenvalue weighted by Gasteiger charge is 2.72. The number of hydrogen-bond donors (Lipinski definition) is 3. The second-order valence-corrected chi connectivity index (χ2v) is 10.2. The van der Waals surface area contributed by atoms with Gasteiger partial charge in [-0.15, -0.1) is 0 Å². The lowest BCUT2D eigenvalue weighted by Crippen LogP contribution is -2.66. The summed E-state index contributed by atoms with van der Waals surface area (Å²) in [5.41, 5.74) is -0.898. The van der Waals surface area contributed by atoms with Crippen molar-refractivity contribution in [1.82, 2.24) is 0 Å². The van der Waals surface area contributed by atoms with Gasteiger partial charge >= 0.3 is 5.97 Å². The number of carboxylic acids is 1. The molecule has 0 aromatic carbocycles. The molecule has 4 heteroatoms. The molecule has 4 saturated carbocycles. The van der Waals surface area contributed by atoms with Crippen LogP contribution in [0.15, 0.2) is 0 Å². The second-order valence-electron chi connectivity index (χ2n) is 10.2. The van der Waals surface area contributed by atoms with E-state index in [4.69, 9.17) is 0 Å². The molecular formula is C20H32O4. The number of carboxylic acid groups (broad SMARTS) is 1. The summed E-state index contributed by atoms with van der Waals surface area (Å²) in [6.45, 7) is 6.35. The maximum Gasteiger partial charge on any atom is 0.309 e. The van der Waals surface area contributed by atoms with E-state index in [1.807, 2.05) is 6.92 Å². The molecule has 4 aliphatic carbocycles. The van der Waals surface area contributed by atoms with Gasteiger partial charge in [0.05, 0.1) is 17.6 Å². The van der Waals surface area contributed by atoms with E-state index in [-0.39, 0.29) is 28.3 Å². The van der Waals surface area contributed by atoms with Crippen LogP contribution in [0.5, 0.6) is 0 Å². The van der Waals surface area contributed by atoms with Gasteiger partial charge in [-0.05, 0) is 74.0 Å². The van der Waals surface area contributed by atoms with E-state index in [1.165, 1.54) is 0 Å².